The molecular formula is C10H21NO3. The lowest BCUT2D eigenvalue weighted by molar-refractivity contribution is -0.135. The van der Waals surface area contributed by atoms with E-state index in [1.165, 1.54) is 6.08 Å². The second kappa shape index (κ2) is 22.6. The summed E-state index contributed by atoms with van der Waals surface area (Å²) in [6.07, 6.45) is 5.04. The zero-order valence-electron chi connectivity index (χ0n) is 9.41. The Morgan fingerprint density at radius 3 is 2.00 bits per heavy atom. The first-order valence-corrected chi connectivity index (χ1v) is 4.65. The van der Waals surface area contributed by atoms with Gasteiger partial charge in [-0.25, -0.2) is 0 Å². The molecule has 0 bridgehead atoms. The van der Waals surface area contributed by atoms with Crippen molar-refractivity contribution in [3.8, 4) is 0 Å². The van der Waals surface area contributed by atoms with Crippen molar-refractivity contribution in [3.05, 3.63) is 12.2 Å². The second-order valence-corrected chi connectivity index (χ2v) is 1.90. The molecule has 0 aromatic rings. The van der Waals surface area contributed by atoms with Crippen LogP contribution in [0.25, 0.3) is 0 Å². The number of likely N-dealkylation sites (N-methyl/N-ethyl adjacent to an activating group) is 1. The first-order valence-electron chi connectivity index (χ1n) is 4.65. The zero-order valence-corrected chi connectivity index (χ0v) is 9.41. The van der Waals surface area contributed by atoms with E-state index in [1.54, 1.807) is 7.05 Å². The predicted molar refractivity (Wildman–Crippen MR) is 58.4 cm³/mol. The first kappa shape index (κ1) is 18.6. The smallest absolute Gasteiger partial charge is 0.317 e. The fourth-order valence-corrected chi connectivity index (χ4v) is 0.343. The number of carboxylic acids is 1. The van der Waals surface area contributed by atoms with Crippen LogP contribution in [0.2, 0.25) is 0 Å². The van der Waals surface area contributed by atoms with Crippen LogP contribution in [0.1, 0.15) is 27.2 Å². The standard InChI is InChI=1S/C5H8O.C3H7NO2.C2H6/c1-2-3-4-5-6;1-4-2-3(5)6;1-2/h3-5H,2H2,1H3;4H,2H2,1H3,(H,5,6);1-2H3/b4-3+;;. The van der Waals surface area contributed by atoms with Gasteiger partial charge in [-0.3, -0.25) is 9.59 Å². The topological polar surface area (TPSA) is 66.4 Å². The van der Waals surface area contributed by atoms with Gasteiger partial charge in [-0.05, 0) is 19.5 Å². The molecule has 0 atom stereocenters. The van der Waals surface area contributed by atoms with Crippen LogP contribution >= 0.6 is 0 Å². The molecule has 84 valence electrons. The van der Waals surface area contributed by atoms with Gasteiger partial charge in [0.05, 0.1) is 6.54 Å². The summed E-state index contributed by atoms with van der Waals surface area (Å²) in [6, 6.07) is 0. The van der Waals surface area contributed by atoms with Gasteiger partial charge >= 0.3 is 5.97 Å². The van der Waals surface area contributed by atoms with Gasteiger partial charge in [-0.1, -0.05) is 26.8 Å². The summed E-state index contributed by atoms with van der Waals surface area (Å²) in [5.41, 5.74) is 0. The fraction of sp³-hybridized carbons (Fsp3) is 0.600. The monoisotopic (exact) mass is 203 g/mol. The SMILES string of the molecule is CC.CC/C=C/C=O.CNCC(=O)O. The van der Waals surface area contributed by atoms with Crippen molar-refractivity contribution < 1.29 is 14.7 Å². The lowest BCUT2D eigenvalue weighted by Crippen LogP contribution is -2.16. The number of aldehydes is 1. The van der Waals surface area contributed by atoms with Gasteiger partial charge in [-0.2, -0.15) is 0 Å². The molecule has 0 saturated heterocycles. The Hall–Kier alpha value is -1.16. The quantitative estimate of drug-likeness (QED) is 0.536. The molecule has 0 saturated carbocycles. The van der Waals surface area contributed by atoms with E-state index >= 15 is 0 Å². The molecule has 0 rings (SSSR count). The van der Waals surface area contributed by atoms with Gasteiger partial charge in [0, 0.05) is 0 Å². The minimum atomic E-state index is -0.822. The predicted octanol–water partition coefficient (Wildman–Crippen LogP) is 1.47. The van der Waals surface area contributed by atoms with E-state index in [1.807, 2.05) is 26.8 Å². The molecule has 14 heavy (non-hydrogen) atoms. The van der Waals surface area contributed by atoms with Gasteiger partial charge in [0.1, 0.15) is 6.29 Å². The van der Waals surface area contributed by atoms with Crippen LogP contribution in [-0.2, 0) is 9.59 Å². The maximum Gasteiger partial charge on any atom is 0.317 e. The highest BCUT2D eigenvalue weighted by molar-refractivity contribution is 5.68. The summed E-state index contributed by atoms with van der Waals surface area (Å²) >= 11 is 0. The van der Waals surface area contributed by atoms with E-state index < -0.39 is 5.97 Å². The maximum atomic E-state index is 9.54. The molecule has 0 aliphatic heterocycles. The number of allylic oxidation sites excluding steroid dienone is 2. The third kappa shape index (κ3) is 44.8. The first-order chi connectivity index (χ1) is 6.68. The number of nitrogens with one attached hydrogen (secondary N) is 1. The van der Waals surface area contributed by atoms with Gasteiger partial charge in [0.15, 0.2) is 0 Å². The molecule has 0 fully saturated rings. The highest BCUT2D eigenvalue weighted by Gasteiger charge is 1.86. The number of carbonyl (C=O) groups is 2. The highest BCUT2D eigenvalue weighted by Crippen LogP contribution is 1.72. The van der Waals surface area contributed by atoms with Gasteiger partial charge in [-0.15, -0.1) is 0 Å². The molecule has 0 aromatic carbocycles. The lowest BCUT2D eigenvalue weighted by Gasteiger charge is -1.84. The highest BCUT2D eigenvalue weighted by atomic mass is 16.4. The van der Waals surface area contributed by atoms with Crippen LogP contribution in [0, 0.1) is 0 Å². The normalized spacial score (nSPS) is 8.00. The molecule has 0 aliphatic carbocycles. The summed E-state index contributed by atoms with van der Waals surface area (Å²) in [5, 5.41) is 10.3. The van der Waals surface area contributed by atoms with Crippen molar-refractivity contribution in [3.63, 3.8) is 0 Å². The number of carboxylic acid groups (broad SMARTS) is 1. The van der Waals surface area contributed by atoms with E-state index in [0.717, 1.165) is 12.7 Å². The summed E-state index contributed by atoms with van der Waals surface area (Å²) in [6.45, 7) is 6.03. The van der Waals surface area contributed by atoms with Crippen molar-refractivity contribution >= 4 is 12.3 Å². The van der Waals surface area contributed by atoms with Gasteiger partial charge in [0.2, 0.25) is 0 Å². The van der Waals surface area contributed by atoms with Crippen LogP contribution < -0.4 is 5.32 Å². The molecule has 0 spiro atoms. The van der Waals surface area contributed by atoms with Crippen LogP contribution in [0.5, 0.6) is 0 Å². The summed E-state index contributed by atoms with van der Waals surface area (Å²) in [4.78, 5) is 19.0. The van der Waals surface area contributed by atoms with E-state index in [0.29, 0.717) is 0 Å². The van der Waals surface area contributed by atoms with Crippen LogP contribution in [0.4, 0.5) is 0 Å². The van der Waals surface area contributed by atoms with E-state index in [-0.39, 0.29) is 6.54 Å². The van der Waals surface area contributed by atoms with Crippen molar-refractivity contribution in [2.24, 2.45) is 0 Å². The van der Waals surface area contributed by atoms with Crippen molar-refractivity contribution in [1.29, 1.82) is 0 Å². The van der Waals surface area contributed by atoms with E-state index in [4.69, 9.17) is 5.11 Å². The Labute approximate surface area is 86.0 Å². The zero-order chi connectivity index (χ0) is 11.8. The van der Waals surface area contributed by atoms with Gasteiger partial charge in [0.25, 0.3) is 0 Å². The minimum Gasteiger partial charge on any atom is -0.480 e. The average Bonchev–Trinajstić information content (AvgIpc) is 2.18. The van der Waals surface area contributed by atoms with Crippen LogP contribution in [0.3, 0.4) is 0 Å². The second-order valence-electron chi connectivity index (χ2n) is 1.90. The third-order valence-electron chi connectivity index (χ3n) is 0.778. The van der Waals surface area contributed by atoms with E-state index in [9.17, 15) is 9.59 Å². The molecule has 0 aliphatic rings. The number of hydrogen-bond acceptors (Lipinski definition) is 3. The van der Waals surface area contributed by atoms with Gasteiger partial charge < -0.3 is 10.4 Å². The molecule has 0 unspecified atom stereocenters. The molecular weight excluding hydrogens is 182 g/mol. The molecule has 2 N–H and O–H groups in total. The Balaban J connectivity index is -0.000000147. The molecule has 4 heteroatoms. The van der Waals surface area contributed by atoms with Crippen molar-refractivity contribution in [1.82, 2.24) is 5.32 Å². The molecule has 4 nitrogen and oxygen atoms in total. The number of aliphatic carboxylic acids is 1. The summed E-state index contributed by atoms with van der Waals surface area (Å²) in [7, 11) is 1.59. The Kier molecular flexibility index (Phi) is 30.1. The summed E-state index contributed by atoms with van der Waals surface area (Å²) in [5.74, 6) is -0.822. The Bertz CT molecular complexity index is 144. The van der Waals surface area contributed by atoms with Crippen molar-refractivity contribution in [2.75, 3.05) is 13.6 Å². The number of carbonyl (C=O) groups excluding carboxylic acids is 1. The Morgan fingerprint density at radius 2 is 1.93 bits per heavy atom. The molecule has 0 aromatic heterocycles. The molecule has 0 radical (unpaired) electrons. The third-order valence-corrected chi connectivity index (χ3v) is 0.778. The average molecular weight is 203 g/mol. The Morgan fingerprint density at radius 1 is 1.43 bits per heavy atom. The molecule has 0 amide bonds. The van der Waals surface area contributed by atoms with Crippen LogP contribution in [-0.4, -0.2) is 31.0 Å². The minimum absolute atomic E-state index is 0.0417. The largest absolute Gasteiger partial charge is 0.480 e. The van der Waals surface area contributed by atoms with Crippen LogP contribution in [0.15, 0.2) is 12.2 Å². The van der Waals surface area contributed by atoms with Crippen molar-refractivity contribution in [2.45, 2.75) is 27.2 Å². The molecule has 0 heterocycles. The fourth-order valence-electron chi connectivity index (χ4n) is 0.343. The maximum absolute atomic E-state index is 9.54. The lowest BCUT2D eigenvalue weighted by atomic mass is 10.4. The summed E-state index contributed by atoms with van der Waals surface area (Å²) < 4.78 is 0. The number of hydrogen-bond donors (Lipinski definition) is 2. The van der Waals surface area contributed by atoms with E-state index in [2.05, 4.69) is 5.32 Å². The number of rotatable bonds is 4.